The minimum absolute atomic E-state index is 0. The second-order valence-corrected chi connectivity index (χ2v) is 9.48. The smallest absolute Gasteiger partial charge is 0.194 e. The van der Waals surface area contributed by atoms with Gasteiger partial charge >= 0.3 is 0 Å². The summed E-state index contributed by atoms with van der Waals surface area (Å²) in [4.78, 5) is 9.99. The molecule has 154 valence electrons. The van der Waals surface area contributed by atoms with E-state index in [1.165, 1.54) is 5.00 Å². The van der Waals surface area contributed by atoms with Gasteiger partial charge in [-0.25, -0.2) is 0 Å². The molecule has 0 aliphatic carbocycles. The second kappa shape index (κ2) is 11.7. The number of thioether (sulfide) groups is 1. The number of piperazine rings is 1. The van der Waals surface area contributed by atoms with Crippen LogP contribution in [0.5, 0.6) is 0 Å². The molecule has 0 unspecified atom stereocenters. The fourth-order valence-corrected chi connectivity index (χ4v) is 5.64. The molecule has 2 aliphatic heterocycles. The Hall–Kier alpha value is -0.190. The Morgan fingerprint density at radius 1 is 1.26 bits per heavy atom. The Morgan fingerprint density at radius 2 is 2.00 bits per heavy atom. The molecule has 2 saturated heterocycles. The largest absolute Gasteiger partial charge is 0.381 e. The zero-order chi connectivity index (χ0) is 18.2. The topological polar surface area (TPSA) is 40.1 Å². The van der Waals surface area contributed by atoms with E-state index in [-0.39, 0.29) is 28.7 Å². The number of nitrogens with one attached hydrogen (secondary N) is 1. The lowest BCUT2D eigenvalue weighted by molar-refractivity contribution is 0.0792. The van der Waals surface area contributed by atoms with Crippen LogP contribution < -0.4 is 10.2 Å². The van der Waals surface area contributed by atoms with Crippen molar-refractivity contribution in [2.24, 2.45) is 4.99 Å². The standard InChI is InChI=1S/C19H32N4OS2.HI/c1-3-20-18(21-16-19(26-4-2)7-13-24-14-8-19)23-11-9-22(10-12-23)17-6-5-15-25-17;/h5-6,15H,3-4,7-14,16H2,1-2H3,(H,20,21);1H. The van der Waals surface area contributed by atoms with Gasteiger partial charge < -0.3 is 19.9 Å². The van der Waals surface area contributed by atoms with E-state index in [1.807, 2.05) is 11.3 Å². The fraction of sp³-hybridized carbons (Fsp3) is 0.737. The first-order valence-corrected chi connectivity index (χ1v) is 11.7. The van der Waals surface area contributed by atoms with Crippen LogP contribution in [0, 0.1) is 0 Å². The maximum absolute atomic E-state index is 5.60. The van der Waals surface area contributed by atoms with Crippen molar-refractivity contribution in [3.8, 4) is 0 Å². The third kappa shape index (κ3) is 6.40. The Morgan fingerprint density at radius 3 is 2.59 bits per heavy atom. The highest BCUT2D eigenvalue weighted by atomic mass is 127. The molecule has 0 spiro atoms. The van der Waals surface area contributed by atoms with Crippen molar-refractivity contribution in [1.82, 2.24) is 10.2 Å². The average Bonchev–Trinajstić information content (AvgIpc) is 3.21. The summed E-state index contributed by atoms with van der Waals surface area (Å²) in [5.41, 5.74) is 0. The molecular weight excluding hydrogens is 491 g/mol. The summed E-state index contributed by atoms with van der Waals surface area (Å²) in [5.74, 6) is 2.23. The number of rotatable bonds is 6. The Kier molecular flexibility index (Phi) is 10.0. The molecule has 5 nitrogen and oxygen atoms in total. The van der Waals surface area contributed by atoms with Crippen molar-refractivity contribution in [2.45, 2.75) is 31.4 Å². The number of thiophene rings is 1. The van der Waals surface area contributed by atoms with Gasteiger partial charge in [-0.3, -0.25) is 4.99 Å². The summed E-state index contributed by atoms with van der Waals surface area (Å²) in [7, 11) is 0. The molecule has 0 aromatic carbocycles. The predicted molar refractivity (Wildman–Crippen MR) is 130 cm³/mol. The number of halogens is 1. The summed E-state index contributed by atoms with van der Waals surface area (Å²) in [6.45, 7) is 12.1. The predicted octanol–water partition coefficient (Wildman–Crippen LogP) is 3.76. The molecule has 8 heteroatoms. The van der Waals surface area contributed by atoms with Gasteiger partial charge in [0, 0.05) is 50.7 Å². The first-order chi connectivity index (χ1) is 12.8. The highest BCUT2D eigenvalue weighted by Crippen LogP contribution is 2.35. The van der Waals surface area contributed by atoms with Crippen molar-refractivity contribution in [1.29, 1.82) is 0 Å². The molecule has 3 rings (SSSR count). The first kappa shape index (κ1) is 23.1. The van der Waals surface area contributed by atoms with E-state index >= 15 is 0 Å². The van der Waals surface area contributed by atoms with Gasteiger partial charge in [-0.05, 0) is 43.0 Å². The van der Waals surface area contributed by atoms with E-state index in [9.17, 15) is 0 Å². The summed E-state index contributed by atoms with van der Waals surface area (Å²) in [6.07, 6.45) is 2.22. The Labute approximate surface area is 189 Å². The normalized spacial score (nSPS) is 20.3. The molecule has 0 atom stereocenters. The number of hydrogen-bond acceptors (Lipinski definition) is 5. The number of aliphatic imine (C=N–C) groups is 1. The number of nitrogens with zero attached hydrogens (tertiary/aromatic N) is 3. The van der Waals surface area contributed by atoms with Gasteiger partial charge in [-0.1, -0.05) is 6.92 Å². The molecule has 0 bridgehead atoms. The van der Waals surface area contributed by atoms with E-state index in [0.29, 0.717) is 0 Å². The number of ether oxygens (including phenoxy) is 1. The van der Waals surface area contributed by atoms with Gasteiger partial charge in [-0.15, -0.1) is 35.3 Å². The Bertz CT molecular complexity index is 551. The summed E-state index contributed by atoms with van der Waals surface area (Å²) in [5, 5.41) is 7.06. The highest BCUT2D eigenvalue weighted by Gasteiger charge is 2.33. The van der Waals surface area contributed by atoms with Crippen LogP contribution in [0.3, 0.4) is 0 Å². The summed E-state index contributed by atoms with van der Waals surface area (Å²) >= 11 is 3.90. The van der Waals surface area contributed by atoms with Crippen LogP contribution in [0.15, 0.2) is 22.5 Å². The van der Waals surface area contributed by atoms with E-state index in [4.69, 9.17) is 9.73 Å². The van der Waals surface area contributed by atoms with Gasteiger partial charge in [0.05, 0.1) is 11.5 Å². The van der Waals surface area contributed by atoms with Crippen LogP contribution in [-0.4, -0.2) is 73.8 Å². The van der Waals surface area contributed by atoms with Crippen molar-refractivity contribution < 1.29 is 4.74 Å². The van der Waals surface area contributed by atoms with Gasteiger partial charge in [0.15, 0.2) is 5.96 Å². The van der Waals surface area contributed by atoms with E-state index in [2.05, 4.69) is 58.2 Å². The quantitative estimate of drug-likeness (QED) is 0.349. The average molecular weight is 525 g/mol. The van der Waals surface area contributed by atoms with Crippen molar-refractivity contribution in [3.63, 3.8) is 0 Å². The molecule has 1 N–H and O–H groups in total. The van der Waals surface area contributed by atoms with E-state index in [0.717, 1.165) is 77.0 Å². The van der Waals surface area contributed by atoms with E-state index < -0.39 is 0 Å². The number of anilines is 1. The van der Waals surface area contributed by atoms with Crippen molar-refractivity contribution in [3.05, 3.63) is 17.5 Å². The SMILES string of the molecule is CCNC(=NCC1(SCC)CCOCC1)N1CCN(c2cccs2)CC1.I. The zero-order valence-corrected chi connectivity index (χ0v) is 20.4. The second-order valence-electron chi connectivity index (χ2n) is 6.82. The molecule has 1 aromatic rings. The lowest BCUT2D eigenvalue weighted by Crippen LogP contribution is -2.53. The van der Waals surface area contributed by atoms with Gasteiger partial charge in [0.25, 0.3) is 0 Å². The summed E-state index contributed by atoms with van der Waals surface area (Å²) in [6, 6.07) is 4.35. The molecule has 1 aromatic heterocycles. The minimum Gasteiger partial charge on any atom is -0.381 e. The maximum Gasteiger partial charge on any atom is 0.194 e. The maximum atomic E-state index is 5.60. The van der Waals surface area contributed by atoms with Crippen LogP contribution in [0.2, 0.25) is 0 Å². The van der Waals surface area contributed by atoms with Crippen molar-refractivity contribution >= 4 is 58.0 Å². The van der Waals surface area contributed by atoms with Crippen LogP contribution in [0.25, 0.3) is 0 Å². The monoisotopic (exact) mass is 524 g/mol. The molecule has 0 saturated carbocycles. The number of guanidine groups is 1. The third-order valence-electron chi connectivity index (χ3n) is 5.10. The van der Waals surface area contributed by atoms with E-state index in [1.54, 1.807) is 0 Å². The van der Waals surface area contributed by atoms with Gasteiger partial charge in [0.2, 0.25) is 0 Å². The lowest BCUT2D eigenvalue weighted by atomic mass is 9.99. The molecule has 2 aliphatic rings. The fourth-order valence-electron chi connectivity index (χ4n) is 3.63. The number of hydrogen-bond donors (Lipinski definition) is 1. The minimum atomic E-state index is 0. The van der Waals surface area contributed by atoms with Crippen LogP contribution in [0.1, 0.15) is 26.7 Å². The molecule has 2 fully saturated rings. The van der Waals surface area contributed by atoms with Crippen LogP contribution >= 0.6 is 47.1 Å². The lowest BCUT2D eigenvalue weighted by Gasteiger charge is -2.38. The summed E-state index contributed by atoms with van der Waals surface area (Å²) < 4.78 is 5.85. The first-order valence-electron chi connectivity index (χ1n) is 9.80. The van der Waals surface area contributed by atoms with Crippen molar-refractivity contribution in [2.75, 3.05) is 63.1 Å². The molecule has 0 radical (unpaired) electrons. The molecular formula is C19H33IN4OS2. The van der Waals surface area contributed by atoms with Crippen LogP contribution in [0.4, 0.5) is 5.00 Å². The van der Waals surface area contributed by atoms with Gasteiger partial charge in [0.1, 0.15) is 0 Å². The zero-order valence-electron chi connectivity index (χ0n) is 16.5. The van der Waals surface area contributed by atoms with Gasteiger partial charge in [-0.2, -0.15) is 11.8 Å². The van der Waals surface area contributed by atoms with Crippen LogP contribution in [-0.2, 0) is 4.74 Å². The Balaban J connectivity index is 0.00000261. The molecule has 3 heterocycles. The highest BCUT2D eigenvalue weighted by molar-refractivity contribution is 14.0. The molecule has 0 amide bonds. The molecule has 27 heavy (non-hydrogen) atoms. The third-order valence-corrected chi connectivity index (χ3v) is 7.47.